The third-order valence-electron chi connectivity index (χ3n) is 6.28. The number of alkyl carbamates (subject to hydrolysis) is 1. The van der Waals surface area contributed by atoms with Crippen LogP contribution in [-0.2, 0) is 16.7 Å². The summed E-state index contributed by atoms with van der Waals surface area (Å²) >= 11 is 0. The van der Waals surface area contributed by atoms with Gasteiger partial charge in [0.25, 0.3) is 5.56 Å². The number of carbonyl (C=O) groups excluding carboxylic acids is 1. The molecule has 4 aromatic rings. The van der Waals surface area contributed by atoms with E-state index in [4.69, 9.17) is 4.74 Å². The van der Waals surface area contributed by atoms with Gasteiger partial charge in [0.15, 0.2) is 0 Å². The second-order valence-corrected chi connectivity index (χ2v) is 11.6. The molecule has 4 rings (SSSR count). The molecule has 206 valence electrons. The van der Waals surface area contributed by atoms with Crippen LogP contribution in [0.15, 0.2) is 53.3 Å². The molecule has 0 spiro atoms. The number of carbonyl (C=O) groups is 2. The predicted molar refractivity (Wildman–Crippen MR) is 154 cm³/mol. The van der Waals surface area contributed by atoms with Crippen LogP contribution in [0.3, 0.4) is 0 Å². The SMILES string of the molecule is CC(C)(C)OC(=O)NCCNCc1ccc2c(c1)c(C(C)(C)C)c(-c1cc3ccccc3[nH]c1=O)n2C(=O)O. The molecule has 2 aromatic carbocycles. The number of benzene rings is 2. The molecule has 9 heteroatoms. The number of aromatic nitrogens is 2. The first-order valence-corrected chi connectivity index (χ1v) is 13.0. The second-order valence-electron chi connectivity index (χ2n) is 11.6. The molecular weight excluding hydrogens is 496 g/mol. The summed E-state index contributed by atoms with van der Waals surface area (Å²) in [6.07, 6.45) is -1.62. The van der Waals surface area contributed by atoms with Crippen molar-refractivity contribution >= 4 is 34.0 Å². The van der Waals surface area contributed by atoms with Crippen molar-refractivity contribution in [3.63, 3.8) is 0 Å². The number of hydrogen-bond acceptors (Lipinski definition) is 5. The van der Waals surface area contributed by atoms with E-state index in [2.05, 4.69) is 15.6 Å². The maximum Gasteiger partial charge on any atom is 0.416 e. The number of amides is 1. The van der Waals surface area contributed by atoms with E-state index >= 15 is 0 Å². The van der Waals surface area contributed by atoms with Gasteiger partial charge >= 0.3 is 12.2 Å². The smallest absolute Gasteiger partial charge is 0.416 e. The molecule has 0 aliphatic carbocycles. The molecule has 0 unspecified atom stereocenters. The van der Waals surface area contributed by atoms with Gasteiger partial charge < -0.3 is 25.5 Å². The van der Waals surface area contributed by atoms with Gasteiger partial charge in [-0.3, -0.25) is 4.79 Å². The molecule has 0 aliphatic rings. The number of ether oxygens (including phenoxy) is 1. The molecule has 39 heavy (non-hydrogen) atoms. The molecule has 2 aromatic heterocycles. The Morgan fingerprint density at radius 2 is 1.72 bits per heavy atom. The van der Waals surface area contributed by atoms with Crippen molar-refractivity contribution in [2.45, 2.75) is 59.1 Å². The molecule has 0 saturated heterocycles. The van der Waals surface area contributed by atoms with E-state index in [9.17, 15) is 19.5 Å². The van der Waals surface area contributed by atoms with E-state index in [1.54, 1.807) is 12.1 Å². The number of hydrogen-bond donors (Lipinski definition) is 4. The monoisotopic (exact) mass is 532 g/mol. The third-order valence-corrected chi connectivity index (χ3v) is 6.28. The molecule has 4 N–H and O–H groups in total. The number of nitrogens with one attached hydrogen (secondary N) is 3. The van der Waals surface area contributed by atoms with Gasteiger partial charge in [-0.15, -0.1) is 0 Å². The van der Waals surface area contributed by atoms with Crippen molar-refractivity contribution in [1.29, 1.82) is 0 Å². The number of pyridine rings is 1. The van der Waals surface area contributed by atoms with Crippen LogP contribution in [0.25, 0.3) is 33.1 Å². The zero-order valence-electron chi connectivity index (χ0n) is 23.3. The summed E-state index contributed by atoms with van der Waals surface area (Å²) in [4.78, 5) is 40.6. The molecule has 0 radical (unpaired) electrons. The normalized spacial score (nSPS) is 12.2. The van der Waals surface area contributed by atoms with E-state index in [1.165, 1.54) is 4.57 Å². The molecule has 2 heterocycles. The first kappa shape index (κ1) is 27.9. The van der Waals surface area contributed by atoms with Crippen LogP contribution < -0.4 is 16.2 Å². The standard InChI is InChI=1S/C30H36N4O5/c1-29(2,3)24-20-15-18(17-31-13-14-32-27(36)39-30(4,5)6)11-12-23(20)34(28(37)38)25(24)21-16-19-9-7-8-10-22(19)33-26(21)35/h7-12,15-16,31H,13-14,17H2,1-6H3,(H,32,36)(H,33,35)(H,37,38). The maximum absolute atomic E-state index is 13.2. The lowest BCUT2D eigenvalue weighted by Gasteiger charge is -2.21. The van der Waals surface area contributed by atoms with Crippen LogP contribution >= 0.6 is 0 Å². The minimum atomic E-state index is -1.16. The Morgan fingerprint density at radius 1 is 1.00 bits per heavy atom. The third kappa shape index (κ3) is 6.15. The van der Waals surface area contributed by atoms with Crippen LogP contribution in [-0.4, -0.2) is 45.5 Å². The Kier molecular flexibility index (Phi) is 7.57. The van der Waals surface area contributed by atoms with E-state index in [0.717, 1.165) is 21.9 Å². The van der Waals surface area contributed by atoms with Gasteiger partial charge in [-0.05, 0) is 67.0 Å². The fraction of sp³-hybridized carbons (Fsp3) is 0.367. The van der Waals surface area contributed by atoms with Crippen molar-refractivity contribution in [3.8, 4) is 11.3 Å². The van der Waals surface area contributed by atoms with Crippen molar-refractivity contribution in [2.75, 3.05) is 13.1 Å². The highest BCUT2D eigenvalue weighted by Crippen LogP contribution is 2.41. The van der Waals surface area contributed by atoms with E-state index in [1.807, 2.05) is 77.9 Å². The van der Waals surface area contributed by atoms with Crippen molar-refractivity contribution in [2.24, 2.45) is 0 Å². The van der Waals surface area contributed by atoms with E-state index in [0.29, 0.717) is 41.9 Å². The summed E-state index contributed by atoms with van der Waals surface area (Å²) in [5.74, 6) is 0. The summed E-state index contributed by atoms with van der Waals surface area (Å²) in [5, 5.41) is 17.9. The number of carboxylic acid groups (broad SMARTS) is 1. The van der Waals surface area contributed by atoms with Gasteiger partial charge in [0.05, 0.1) is 16.8 Å². The molecule has 0 bridgehead atoms. The van der Waals surface area contributed by atoms with Crippen LogP contribution in [0.4, 0.5) is 9.59 Å². The quantitative estimate of drug-likeness (QED) is 0.240. The second kappa shape index (κ2) is 10.6. The summed E-state index contributed by atoms with van der Waals surface area (Å²) in [5.41, 5.74) is 2.27. The summed E-state index contributed by atoms with van der Waals surface area (Å²) in [6.45, 7) is 12.9. The average Bonchev–Trinajstić information content (AvgIpc) is 3.17. The zero-order valence-corrected chi connectivity index (χ0v) is 23.3. The molecule has 0 aliphatic heterocycles. The number of aromatic amines is 1. The van der Waals surface area contributed by atoms with E-state index in [-0.39, 0.29) is 5.56 Å². The number of rotatable bonds is 6. The van der Waals surface area contributed by atoms with Crippen LogP contribution in [0.2, 0.25) is 0 Å². The Balaban J connectivity index is 1.70. The van der Waals surface area contributed by atoms with Crippen molar-refractivity contribution in [3.05, 3.63) is 70.0 Å². The summed E-state index contributed by atoms with van der Waals surface area (Å²) in [6, 6.07) is 14.8. The Hall–Kier alpha value is -4.11. The van der Waals surface area contributed by atoms with Gasteiger partial charge in [0, 0.05) is 30.5 Å². The van der Waals surface area contributed by atoms with E-state index < -0.39 is 23.2 Å². The number of H-pyrrole nitrogens is 1. The minimum Gasteiger partial charge on any atom is -0.464 e. The highest BCUT2D eigenvalue weighted by molar-refractivity contribution is 6.01. The lowest BCUT2D eigenvalue weighted by Crippen LogP contribution is -2.36. The average molecular weight is 533 g/mol. The largest absolute Gasteiger partial charge is 0.464 e. The fourth-order valence-electron chi connectivity index (χ4n) is 4.78. The zero-order chi connectivity index (χ0) is 28.5. The molecule has 0 saturated carbocycles. The van der Waals surface area contributed by atoms with Crippen LogP contribution in [0.1, 0.15) is 52.7 Å². The van der Waals surface area contributed by atoms with Gasteiger partial charge in [-0.2, -0.15) is 0 Å². The Morgan fingerprint density at radius 3 is 2.38 bits per heavy atom. The van der Waals surface area contributed by atoms with Crippen LogP contribution in [0.5, 0.6) is 0 Å². The van der Waals surface area contributed by atoms with Gasteiger partial charge in [-0.25, -0.2) is 14.2 Å². The topological polar surface area (TPSA) is 125 Å². The first-order chi connectivity index (χ1) is 18.3. The Bertz CT molecular complexity index is 1600. The highest BCUT2D eigenvalue weighted by atomic mass is 16.6. The van der Waals surface area contributed by atoms with Crippen molar-refractivity contribution in [1.82, 2.24) is 20.2 Å². The molecule has 9 nitrogen and oxygen atoms in total. The van der Waals surface area contributed by atoms with Crippen molar-refractivity contribution < 1.29 is 19.4 Å². The lowest BCUT2D eigenvalue weighted by molar-refractivity contribution is 0.0528. The fourth-order valence-corrected chi connectivity index (χ4v) is 4.78. The van der Waals surface area contributed by atoms with Gasteiger partial charge in [0.1, 0.15) is 5.60 Å². The summed E-state index contributed by atoms with van der Waals surface area (Å²) in [7, 11) is 0. The minimum absolute atomic E-state index is 0.310. The number of para-hydroxylation sites is 1. The lowest BCUT2D eigenvalue weighted by atomic mass is 9.83. The maximum atomic E-state index is 13.2. The molecule has 0 atom stereocenters. The number of fused-ring (bicyclic) bond motifs is 2. The first-order valence-electron chi connectivity index (χ1n) is 13.0. The molecule has 1 amide bonds. The van der Waals surface area contributed by atoms with Gasteiger partial charge in [0.2, 0.25) is 0 Å². The Labute approximate surface area is 227 Å². The highest BCUT2D eigenvalue weighted by Gasteiger charge is 2.31. The van der Waals surface area contributed by atoms with Gasteiger partial charge in [-0.1, -0.05) is 45.0 Å². The summed E-state index contributed by atoms with van der Waals surface area (Å²) < 4.78 is 6.46. The molecular formula is C30H36N4O5. The number of nitrogens with zero attached hydrogens (tertiary/aromatic N) is 1. The van der Waals surface area contributed by atoms with Crippen LogP contribution in [0, 0.1) is 0 Å². The predicted octanol–water partition coefficient (Wildman–Crippen LogP) is 5.59. The molecule has 0 fully saturated rings.